The molecule has 1 unspecified atom stereocenters. The van der Waals surface area contributed by atoms with Crippen LogP contribution in [0.25, 0.3) is 0 Å². The fraction of sp³-hybridized carbons (Fsp3) is 0.923. The van der Waals surface area contributed by atoms with Crippen LogP contribution >= 0.6 is 0 Å². The molecule has 17 heavy (non-hydrogen) atoms. The second-order valence-corrected chi connectivity index (χ2v) is 4.91. The van der Waals surface area contributed by atoms with Crippen LogP contribution in [0.15, 0.2) is 0 Å². The van der Waals surface area contributed by atoms with E-state index in [0.717, 1.165) is 38.7 Å². The Hall–Kier alpha value is -0.610. The van der Waals surface area contributed by atoms with Crippen LogP contribution in [-0.4, -0.2) is 30.7 Å². The monoisotopic (exact) mass is 242 g/mol. The summed E-state index contributed by atoms with van der Waals surface area (Å²) in [6.07, 6.45) is 5.65. The molecule has 1 fully saturated rings. The van der Waals surface area contributed by atoms with Crippen molar-refractivity contribution in [1.82, 2.24) is 5.32 Å². The van der Waals surface area contributed by atoms with Crippen molar-refractivity contribution in [3.05, 3.63) is 0 Å². The molecule has 1 aliphatic heterocycles. The predicted octanol–water partition coefficient (Wildman–Crippen LogP) is 1.58. The summed E-state index contributed by atoms with van der Waals surface area (Å²) in [4.78, 5) is 11.9. The molecule has 1 heterocycles. The molecule has 1 atom stereocenters. The number of carbonyl (C=O) groups is 1. The SMILES string of the molecule is CCC(CC)(CN)NC(=O)CCC1CCCO1. The van der Waals surface area contributed by atoms with E-state index in [1.807, 2.05) is 0 Å². The molecule has 1 rings (SSSR count). The topological polar surface area (TPSA) is 64.3 Å². The Kier molecular flexibility index (Phi) is 5.92. The third-order valence-corrected chi connectivity index (χ3v) is 3.87. The molecule has 0 saturated carbocycles. The molecule has 0 aromatic rings. The van der Waals surface area contributed by atoms with Crippen molar-refractivity contribution in [3.8, 4) is 0 Å². The van der Waals surface area contributed by atoms with Crippen molar-refractivity contribution < 1.29 is 9.53 Å². The molecular weight excluding hydrogens is 216 g/mol. The van der Waals surface area contributed by atoms with Gasteiger partial charge in [0.05, 0.1) is 11.6 Å². The Morgan fingerprint density at radius 2 is 2.18 bits per heavy atom. The summed E-state index contributed by atoms with van der Waals surface area (Å²) in [6.45, 7) is 5.49. The molecule has 0 bridgehead atoms. The van der Waals surface area contributed by atoms with E-state index in [9.17, 15) is 4.79 Å². The van der Waals surface area contributed by atoms with Crippen LogP contribution in [0.1, 0.15) is 52.4 Å². The van der Waals surface area contributed by atoms with Crippen molar-refractivity contribution in [2.75, 3.05) is 13.2 Å². The molecule has 4 heteroatoms. The maximum atomic E-state index is 11.9. The average molecular weight is 242 g/mol. The minimum absolute atomic E-state index is 0.106. The Bertz CT molecular complexity index is 225. The molecule has 100 valence electrons. The smallest absolute Gasteiger partial charge is 0.220 e. The number of carbonyl (C=O) groups excluding carboxylic acids is 1. The minimum Gasteiger partial charge on any atom is -0.378 e. The number of amides is 1. The third-order valence-electron chi connectivity index (χ3n) is 3.87. The number of nitrogens with two attached hydrogens (primary N) is 1. The lowest BCUT2D eigenvalue weighted by molar-refractivity contribution is -0.123. The van der Waals surface area contributed by atoms with Crippen LogP contribution in [0.5, 0.6) is 0 Å². The van der Waals surface area contributed by atoms with Gasteiger partial charge in [-0.25, -0.2) is 0 Å². The normalized spacial score (nSPS) is 20.5. The Balaban J connectivity index is 2.31. The molecule has 1 amide bonds. The zero-order valence-corrected chi connectivity index (χ0v) is 11.1. The lowest BCUT2D eigenvalue weighted by atomic mass is 9.92. The summed E-state index contributed by atoms with van der Waals surface area (Å²) in [6, 6.07) is 0. The molecule has 0 aromatic carbocycles. The highest BCUT2D eigenvalue weighted by molar-refractivity contribution is 5.76. The van der Waals surface area contributed by atoms with E-state index >= 15 is 0 Å². The van der Waals surface area contributed by atoms with Gasteiger partial charge in [-0.2, -0.15) is 0 Å². The quantitative estimate of drug-likeness (QED) is 0.712. The molecular formula is C13H26N2O2. The van der Waals surface area contributed by atoms with E-state index in [4.69, 9.17) is 10.5 Å². The van der Waals surface area contributed by atoms with E-state index in [0.29, 0.717) is 13.0 Å². The van der Waals surface area contributed by atoms with Crippen LogP contribution in [0, 0.1) is 0 Å². The van der Waals surface area contributed by atoms with Crippen molar-refractivity contribution in [3.63, 3.8) is 0 Å². The van der Waals surface area contributed by atoms with Crippen LogP contribution in [0.3, 0.4) is 0 Å². The predicted molar refractivity (Wildman–Crippen MR) is 68.7 cm³/mol. The van der Waals surface area contributed by atoms with Crippen molar-refractivity contribution in [2.45, 2.75) is 64.0 Å². The largest absolute Gasteiger partial charge is 0.378 e. The lowest BCUT2D eigenvalue weighted by Gasteiger charge is -2.31. The molecule has 4 nitrogen and oxygen atoms in total. The summed E-state index contributed by atoms with van der Waals surface area (Å²) in [7, 11) is 0. The average Bonchev–Trinajstić information content (AvgIpc) is 2.87. The zero-order chi connectivity index (χ0) is 12.7. The first-order valence-electron chi connectivity index (χ1n) is 6.78. The summed E-state index contributed by atoms with van der Waals surface area (Å²) >= 11 is 0. The number of hydrogen-bond donors (Lipinski definition) is 2. The van der Waals surface area contributed by atoms with Gasteiger partial charge in [-0.1, -0.05) is 13.8 Å². The maximum Gasteiger partial charge on any atom is 0.220 e. The Morgan fingerprint density at radius 3 is 2.65 bits per heavy atom. The van der Waals surface area contributed by atoms with Crippen molar-refractivity contribution in [2.24, 2.45) is 5.73 Å². The number of ether oxygens (including phenoxy) is 1. The van der Waals surface area contributed by atoms with Gasteiger partial charge in [0, 0.05) is 19.6 Å². The van der Waals surface area contributed by atoms with Crippen LogP contribution in [0.4, 0.5) is 0 Å². The van der Waals surface area contributed by atoms with Gasteiger partial charge in [0.25, 0.3) is 0 Å². The standard InChI is InChI=1S/C13H26N2O2/c1-3-13(4-2,10-14)15-12(16)8-7-11-6-5-9-17-11/h11H,3-10,14H2,1-2H3,(H,15,16). The maximum absolute atomic E-state index is 11.9. The third kappa shape index (κ3) is 4.28. The molecule has 0 radical (unpaired) electrons. The number of nitrogens with one attached hydrogen (secondary N) is 1. The van der Waals surface area contributed by atoms with Gasteiger partial charge in [-0.3, -0.25) is 4.79 Å². The first kappa shape index (κ1) is 14.5. The van der Waals surface area contributed by atoms with E-state index in [1.54, 1.807) is 0 Å². The fourth-order valence-electron chi connectivity index (χ4n) is 2.29. The summed E-state index contributed by atoms with van der Waals surface area (Å²) in [5.41, 5.74) is 5.54. The molecule has 3 N–H and O–H groups in total. The zero-order valence-electron chi connectivity index (χ0n) is 11.1. The Labute approximate surface area is 104 Å². The van der Waals surface area contributed by atoms with Crippen molar-refractivity contribution in [1.29, 1.82) is 0 Å². The second kappa shape index (κ2) is 6.97. The second-order valence-electron chi connectivity index (χ2n) is 4.91. The van der Waals surface area contributed by atoms with Gasteiger partial charge >= 0.3 is 0 Å². The van der Waals surface area contributed by atoms with Gasteiger partial charge in [0.15, 0.2) is 0 Å². The Morgan fingerprint density at radius 1 is 1.47 bits per heavy atom. The first-order valence-corrected chi connectivity index (χ1v) is 6.78. The van der Waals surface area contributed by atoms with Gasteiger partial charge in [0.2, 0.25) is 5.91 Å². The summed E-state index contributed by atoms with van der Waals surface area (Å²) < 4.78 is 5.51. The van der Waals surface area contributed by atoms with Gasteiger partial charge < -0.3 is 15.8 Å². The highest BCUT2D eigenvalue weighted by atomic mass is 16.5. The highest BCUT2D eigenvalue weighted by Gasteiger charge is 2.26. The van der Waals surface area contributed by atoms with Crippen LogP contribution in [0.2, 0.25) is 0 Å². The van der Waals surface area contributed by atoms with E-state index in [1.165, 1.54) is 0 Å². The van der Waals surface area contributed by atoms with Crippen LogP contribution in [-0.2, 0) is 9.53 Å². The van der Waals surface area contributed by atoms with E-state index in [2.05, 4.69) is 19.2 Å². The lowest BCUT2D eigenvalue weighted by Crippen LogP contribution is -2.52. The van der Waals surface area contributed by atoms with Gasteiger partial charge in [0.1, 0.15) is 0 Å². The summed E-state index contributed by atoms with van der Waals surface area (Å²) in [5.74, 6) is 0.106. The van der Waals surface area contributed by atoms with Gasteiger partial charge in [-0.05, 0) is 32.1 Å². The molecule has 0 spiro atoms. The molecule has 0 aromatic heterocycles. The minimum atomic E-state index is -0.215. The number of rotatable bonds is 7. The summed E-state index contributed by atoms with van der Waals surface area (Å²) in [5, 5.41) is 3.08. The van der Waals surface area contributed by atoms with Crippen LogP contribution < -0.4 is 11.1 Å². The van der Waals surface area contributed by atoms with E-state index < -0.39 is 0 Å². The highest BCUT2D eigenvalue weighted by Crippen LogP contribution is 2.18. The van der Waals surface area contributed by atoms with Crippen molar-refractivity contribution >= 4 is 5.91 Å². The fourth-order valence-corrected chi connectivity index (χ4v) is 2.29. The number of hydrogen-bond acceptors (Lipinski definition) is 3. The van der Waals surface area contributed by atoms with E-state index in [-0.39, 0.29) is 17.6 Å². The van der Waals surface area contributed by atoms with Gasteiger partial charge in [-0.15, -0.1) is 0 Å². The molecule has 1 saturated heterocycles. The molecule has 0 aliphatic carbocycles. The first-order chi connectivity index (χ1) is 8.15. The molecule has 1 aliphatic rings.